The molecule has 0 radical (unpaired) electrons. The Balaban J connectivity index is 1.58. The van der Waals surface area contributed by atoms with Gasteiger partial charge in [-0.15, -0.1) is 11.3 Å². The van der Waals surface area contributed by atoms with E-state index in [2.05, 4.69) is 9.97 Å². The van der Waals surface area contributed by atoms with E-state index in [1.165, 1.54) is 0 Å². The van der Waals surface area contributed by atoms with Crippen LogP contribution in [0.2, 0.25) is 0 Å². The van der Waals surface area contributed by atoms with Crippen molar-refractivity contribution in [2.45, 2.75) is 32.3 Å². The molecule has 3 heterocycles. The van der Waals surface area contributed by atoms with Crippen molar-refractivity contribution in [2.24, 2.45) is 0 Å². The average molecular weight is 317 g/mol. The van der Waals surface area contributed by atoms with Crippen LogP contribution in [0.25, 0.3) is 0 Å². The first-order valence-electron chi connectivity index (χ1n) is 7.47. The molecule has 0 spiro atoms. The number of thiophene rings is 1. The molecule has 1 unspecified atom stereocenters. The van der Waals surface area contributed by atoms with E-state index in [9.17, 15) is 4.79 Å². The second-order valence-electron chi connectivity index (χ2n) is 5.42. The largest absolute Gasteiger partial charge is 0.472 e. The smallest absolute Gasteiger partial charge is 0.227 e. The number of rotatable bonds is 4. The Labute approximate surface area is 134 Å². The molecule has 1 fully saturated rings. The van der Waals surface area contributed by atoms with Gasteiger partial charge in [0.1, 0.15) is 11.9 Å². The monoisotopic (exact) mass is 317 g/mol. The van der Waals surface area contributed by atoms with Crippen molar-refractivity contribution in [3.05, 3.63) is 40.5 Å². The summed E-state index contributed by atoms with van der Waals surface area (Å²) in [5.41, 5.74) is 0. The van der Waals surface area contributed by atoms with Crippen LogP contribution in [0, 0.1) is 6.92 Å². The third kappa shape index (κ3) is 3.82. The summed E-state index contributed by atoms with van der Waals surface area (Å²) in [6.07, 6.45) is 4.10. The summed E-state index contributed by atoms with van der Waals surface area (Å²) >= 11 is 1.62. The van der Waals surface area contributed by atoms with Gasteiger partial charge in [-0.2, -0.15) is 4.98 Å². The van der Waals surface area contributed by atoms with Gasteiger partial charge < -0.3 is 9.64 Å². The lowest BCUT2D eigenvalue weighted by Gasteiger charge is -2.32. The predicted molar refractivity (Wildman–Crippen MR) is 85.0 cm³/mol. The number of hydrogen-bond donors (Lipinski definition) is 0. The summed E-state index contributed by atoms with van der Waals surface area (Å²) in [7, 11) is 0. The van der Waals surface area contributed by atoms with Gasteiger partial charge in [0.15, 0.2) is 0 Å². The van der Waals surface area contributed by atoms with Crippen LogP contribution in [-0.4, -0.2) is 40.0 Å². The number of amides is 1. The van der Waals surface area contributed by atoms with Gasteiger partial charge in [0.05, 0.1) is 13.0 Å². The van der Waals surface area contributed by atoms with Gasteiger partial charge in [-0.1, -0.05) is 6.07 Å². The second-order valence-corrected chi connectivity index (χ2v) is 6.45. The summed E-state index contributed by atoms with van der Waals surface area (Å²) in [6, 6.07) is 5.75. The van der Waals surface area contributed by atoms with Crippen LogP contribution < -0.4 is 4.74 Å². The zero-order chi connectivity index (χ0) is 15.4. The van der Waals surface area contributed by atoms with Crippen molar-refractivity contribution in [2.75, 3.05) is 13.1 Å². The Morgan fingerprint density at radius 1 is 1.50 bits per heavy atom. The number of aryl methyl sites for hydroxylation is 1. The van der Waals surface area contributed by atoms with E-state index in [0.29, 0.717) is 24.7 Å². The molecule has 0 bridgehead atoms. The molecule has 2 aromatic heterocycles. The van der Waals surface area contributed by atoms with Crippen LogP contribution in [0.15, 0.2) is 29.8 Å². The molecule has 2 aromatic rings. The minimum Gasteiger partial charge on any atom is -0.472 e. The van der Waals surface area contributed by atoms with E-state index in [0.717, 1.165) is 24.3 Å². The number of ether oxygens (including phenoxy) is 1. The highest BCUT2D eigenvalue weighted by Gasteiger charge is 2.25. The Bertz CT molecular complexity index is 630. The van der Waals surface area contributed by atoms with E-state index in [1.54, 1.807) is 23.6 Å². The second kappa shape index (κ2) is 6.87. The maximum absolute atomic E-state index is 12.4. The SMILES string of the molecule is Cc1nccc(OC2CCCN(C(=O)Cc3cccs3)C2)n1. The minimum atomic E-state index is 0.00957. The third-order valence-electron chi connectivity index (χ3n) is 3.67. The fraction of sp³-hybridized carbons (Fsp3) is 0.438. The third-order valence-corrected chi connectivity index (χ3v) is 4.55. The highest BCUT2D eigenvalue weighted by Crippen LogP contribution is 2.18. The number of piperidine rings is 1. The molecule has 0 aromatic carbocycles. The molecule has 1 amide bonds. The highest BCUT2D eigenvalue weighted by molar-refractivity contribution is 7.10. The van der Waals surface area contributed by atoms with Crippen LogP contribution in [0.3, 0.4) is 0 Å². The molecular weight excluding hydrogens is 298 g/mol. The van der Waals surface area contributed by atoms with Crippen molar-refractivity contribution in [1.82, 2.24) is 14.9 Å². The van der Waals surface area contributed by atoms with E-state index in [1.807, 2.05) is 29.3 Å². The van der Waals surface area contributed by atoms with Gasteiger partial charge in [0, 0.05) is 23.7 Å². The van der Waals surface area contributed by atoms with Crippen LogP contribution in [-0.2, 0) is 11.2 Å². The molecule has 1 aliphatic rings. The lowest BCUT2D eigenvalue weighted by Crippen LogP contribution is -2.45. The molecule has 6 heteroatoms. The molecule has 1 atom stereocenters. The van der Waals surface area contributed by atoms with Crippen molar-refractivity contribution in [1.29, 1.82) is 0 Å². The number of carbonyl (C=O) groups is 1. The van der Waals surface area contributed by atoms with Crippen molar-refractivity contribution in [3.8, 4) is 5.88 Å². The van der Waals surface area contributed by atoms with Gasteiger partial charge in [0.25, 0.3) is 0 Å². The summed E-state index contributed by atoms with van der Waals surface area (Å²) in [4.78, 5) is 23.7. The standard InChI is InChI=1S/C16H19N3O2S/c1-12-17-7-6-15(18-12)21-13-4-2-8-19(11-13)16(20)10-14-5-3-9-22-14/h3,5-7,9,13H,2,4,8,10-11H2,1H3. The number of carbonyl (C=O) groups excluding carboxylic acids is 1. The van der Waals surface area contributed by atoms with Gasteiger partial charge in [-0.05, 0) is 31.2 Å². The predicted octanol–water partition coefficient (Wildman–Crippen LogP) is 2.46. The van der Waals surface area contributed by atoms with E-state index in [4.69, 9.17) is 4.74 Å². The van der Waals surface area contributed by atoms with E-state index < -0.39 is 0 Å². The molecule has 22 heavy (non-hydrogen) atoms. The van der Waals surface area contributed by atoms with Gasteiger partial charge in [-0.25, -0.2) is 4.98 Å². The Morgan fingerprint density at radius 2 is 2.41 bits per heavy atom. The van der Waals surface area contributed by atoms with Gasteiger partial charge in [-0.3, -0.25) is 4.79 Å². The summed E-state index contributed by atoms with van der Waals surface area (Å²) in [5, 5.41) is 2.00. The molecule has 5 nitrogen and oxygen atoms in total. The van der Waals surface area contributed by atoms with Crippen LogP contribution in [0.4, 0.5) is 0 Å². The van der Waals surface area contributed by atoms with Crippen LogP contribution in [0.5, 0.6) is 5.88 Å². The normalized spacial score (nSPS) is 18.2. The van der Waals surface area contributed by atoms with Crippen LogP contribution in [0.1, 0.15) is 23.5 Å². The molecule has 0 saturated carbocycles. The Hall–Kier alpha value is -1.95. The maximum atomic E-state index is 12.4. The lowest BCUT2D eigenvalue weighted by atomic mass is 10.1. The highest BCUT2D eigenvalue weighted by atomic mass is 32.1. The summed E-state index contributed by atoms with van der Waals surface area (Å²) < 4.78 is 5.91. The van der Waals surface area contributed by atoms with Crippen molar-refractivity contribution < 1.29 is 9.53 Å². The molecule has 116 valence electrons. The Morgan fingerprint density at radius 3 is 3.18 bits per heavy atom. The summed E-state index contributed by atoms with van der Waals surface area (Å²) in [5.74, 6) is 1.46. The molecular formula is C16H19N3O2S. The van der Waals surface area contributed by atoms with E-state index in [-0.39, 0.29) is 12.0 Å². The number of likely N-dealkylation sites (tertiary alicyclic amines) is 1. The molecule has 0 N–H and O–H groups in total. The van der Waals surface area contributed by atoms with Gasteiger partial charge in [0.2, 0.25) is 11.8 Å². The van der Waals surface area contributed by atoms with Crippen LogP contribution >= 0.6 is 11.3 Å². The zero-order valence-electron chi connectivity index (χ0n) is 12.6. The quantitative estimate of drug-likeness (QED) is 0.869. The minimum absolute atomic E-state index is 0.00957. The maximum Gasteiger partial charge on any atom is 0.227 e. The van der Waals surface area contributed by atoms with Crippen molar-refractivity contribution >= 4 is 17.2 Å². The lowest BCUT2D eigenvalue weighted by molar-refractivity contribution is -0.133. The molecule has 1 aliphatic heterocycles. The fourth-order valence-corrected chi connectivity index (χ4v) is 3.30. The first-order valence-corrected chi connectivity index (χ1v) is 8.35. The van der Waals surface area contributed by atoms with Crippen molar-refractivity contribution in [3.63, 3.8) is 0 Å². The average Bonchev–Trinajstić information content (AvgIpc) is 3.00. The number of hydrogen-bond acceptors (Lipinski definition) is 5. The van der Waals surface area contributed by atoms with Gasteiger partial charge >= 0.3 is 0 Å². The summed E-state index contributed by atoms with van der Waals surface area (Å²) in [6.45, 7) is 3.28. The number of nitrogens with zero attached hydrogens (tertiary/aromatic N) is 3. The zero-order valence-corrected chi connectivity index (χ0v) is 13.4. The first-order chi connectivity index (χ1) is 10.7. The molecule has 1 saturated heterocycles. The Kier molecular flexibility index (Phi) is 4.68. The molecule has 3 rings (SSSR count). The fourth-order valence-electron chi connectivity index (χ4n) is 2.61. The molecule has 0 aliphatic carbocycles. The first kappa shape index (κ1) is 15.0. The topological polar surface area (TPSA) is 55.3 Å². The van der Waals surface area contributed by atoms with E-state index >= 15 is 0 Å². The number of aromatic nitrogens is 2.